The molecule has 0 saturated carbocycles. The van der Waals surface area contributed by atoms with Crippen molar-refractivity contribution in [3.63, 3.8) is 0 Å². The molecule has 1 aromatic heterocycles. The quantitative estimate of drug-likeness (QED) is 0.248. The summed E-state index contributed by atoms with van der Waals surface area (Å²) in [5.41, 5.74) is 1.25. The predicted octanol–water partition coefficient (Wildman–Crippen LogP) is 2.75. The van der Waals surface area contributed by atoms with Crippen molar-refractivity contribution in [2.24, 2.45) is 10.9 Å². The first kappa shape index (κ1) is 24.1. The summed E-state index contributed by atoms with van der Waals surface area (Å²) >= 11 is 0. The van der Waals surface area contributed by atoms with Crippen molar-refractivity contribution in [3.05, 3.63) is 23.9 Å². The van der Waals surface area contributed by atoms with Crippen molar-refractivity contribution in [1.29, 1.82) is 0 Å². The molecule has 1 aromatic rings. The smallest absolute Gasteiger partial charge is 0.193 e. The largest absolute Gasteiger partial charge is 0.382 e. The second kappa shape index (κ2) is 13.2. The molecular weight excluding hydrogens is 481 g/mol. The van der Waals surface area contributed by atoms with Gasteiger partial charge in [-0.1, -0.05) is 0 Å². The molecule has 29 heavy (non-hydrogen) atoms. The van der Waals surface area contributed by atoms with Gasteiger partial charge in [0, 0.05) is 59.0 Å². The number of anilines is 1. The lowest BCUT2D eigenvalue weighted by molar-refractivity contribution is 0.0536. The standard InChI is InChI=1S/C21H35N5O2.HI/c1-22-21(26-11-7-19(16-26)17-28-13-12-27-2)24-15-18-6-8-23-20(14-18)25-9-4-3-5-10-25;/h6,8,14,19H,3-5,7,9-13,15-17H2,1-2H3,(H,22,24);1H. The Bertz CT molecular complexity index is 625. The molecule has 1 atom stereocenters. The van der Waals surface area contributed by atoms with Gasteiger partial charge in [0.15, 0.2) is 5.96 Å². The minimum Gasteiger partial charge on any atom is -0.382 e. The molecule has 2 aliphatic rings. The Balaban J connectivity index is 0.00000300. The lowest BCUT2D eigenvalue weighted by Crippen LogP contribution is -2.40. The fourth-order valence-electron chi connectivity index (χ4n) is 3.93. The number of guanidine groups is 1. The fourth-order valence-corrected chi connectivity index (χ4v) is 3.93. The van der Waals surface area contributed by atoms with E-state index in [1.807, 2.05) is 13.2 Å². The first-order valence-corrected chi connectivity index (χ1v) is 10.5. The van der Waals surface area contributed by atoms with E-state index in [-0.39, 0.29) is 24.0 Å². The molecule has 0 bridgehead atoms. The van der Waals surface area contributed by atoms with Crippen molar-refractivity contribution < 1.29 is 9.47 Å². The summed E-state index contributed by atoms with van der Waals surface area (Å²) < 4.78 is 10.7. The fraction of sp³-hybridized carbons (Fsp3) is 0.714. The van der Waals surface area contributed by atoms with Gasteiger partial charge in [-0.2, -0.15) is 0 Å². The van der Waals surface area contributed by atoms with Crippen LogP contribution in [0.15, 0.2) is 23.3 Å². The van der Waals surface area contributed by atoms with Gasteiger partial charge < -0.3 is 24.6 Å². The summed E-state index contributed by atoms with van der Waals surface area (Å²) in [5, 5.41) is 3.52. The van der Waals surface area contributed by atoms with Crippen molar-refractivity contribution in [2.75, 3.05) is 65.1 Å². The van der Waals surface area contributed by atoms with E-state index < -0.39 is 0 Å². The highest BCUT2D eigenvalue weighted by atomic mass is 127. The monoisotopic (exact) mass is 517 g/mol. The van der Waals surface area contributed by atoms with E-state index in [1.54, 1.807) is 7.11 Å². The third kappa shape index (κ3) is 7.57. The molecule has 1 N–H and O–H groups in total. The van der Waals surface area contributed by atoms with E-state index in [4.69, 9.17) is 9.47 Å². The van der Waals surface area contributed by atoms with Gasteiger partial charge in [-0.05, 0) is 43.4 Å². The lowest BCUT2D eigenvalue weighted by atomic mass is 10.1. The minimum absolute atomic E-state index is 0. The van der Waals surface area contributed by atoms with Gasteiger partial charge in [0.1, 0.15) is 5.82 Å². The number of ether oxygens (including phenoxy) is 2. The number of hydrogen-bond donors (Lipinski definition) is 1. The van der Waals surface area contributed by atoms with Crippen LogP contribution in [0.5, 0.6) is 0 Å². The summed E-state index contributed by atoms with van der Waals surface area (Å²) in [6.45, 7) is 7.13. The maximum absolute atomic E-state index is 5.70. The van der Waals surface area contributed by atoms with Crippen LogP contribution in [0.3, 0.4) is 0 Å². The Morgan fingerprint density at radius 1 is 1.24 bits per heavy atom. The number of nitrogens with one attached hydrogen (secondary N) is 1. The molecule has 0 aromatic carbocycles. The molecule has 0 amide bonds. The number of halogens is 1. The third-order valence-corrected chi connectivity index (χ3v) is 5.52. The summed E-state index contributed by atoms with van der Waals surface area (Å²) in [6.07, 6.45) is 6.93. The number of aromatic nitrogens is 1. The van der Waals surface area contributed by atoms with E-state index in [9.17, 15) is 0 Å². The van der Waals surface area contributed by atoms with Crippen molar-refractivity contribution >= 4 is 35.8 Å². The van der Waals surface area contributed by atoms with Gasteiger partial charge in [-0.15, -0.1) is 24.0 Å². The van der Waals surface area contributed by atoms with Crippen molar-refractivity contribution in [1.82, 2.24) is 15.2 Å². The molecule has 8 heteroatoms. The zero-order valence-electron chi connectivity index (χ0n) is 17.8. The van der Waals surface area contributed by atoms with Crippen LogP contribution in [0.4, 0.5) is 5.82 Å². The average Bonchev–Trinajstić information content (AvgIpc) is 3.21. The predicted molar refractivity (Wildman–Crippen MR) is 128 cm³/mol. The van der Waals surface area contributed by atoms with E-state index in [0.29, 0.717) is 19.1 Å². The van der Waals surface area contributed by atoms with Crippen LogP contribution in [-0.4, -0.2) is 76.0 Å². The molecule has 0 radical (unpaired) electrons. The number of nitrogens with zero attached hydrogens (tertiary/aromatic N) is 4. The normalized spacial score (nSPS) is 19.9. The Hall–Kier alpha value is -1.13. The van der Waals surface area contributed by atoms with E-state index in [2.05, 4.69) is 37.2 Å². The minimum atomic E-state index is 0. The molecule has 2 aliphatic heterocycles. The summed E-state index contributed by atoms with van der Waals surface area (Å²) in [6, 6.07) is 4.30. The molecule has 1 unspecified atom stereocenters. The molecular formula is C21H36IN5O2. The van der Waals surface area contributed by atoms with Crippen LogP contribution in [0, 0.1) is 5.92 Å². The third-order valence-electron chi connectivity index (χ3n) is 5.52. The number of hydrogen-bond acceptors (Lipinski definition) is 5. The Labute approximate surface area is 192 Å². The Morgan fingerprint density at radius 2 is 2.07 bits per heavy atom. The summed E-state index contributed by atoms with van der Waals surface area (Å²) in [7, 11) is 3.56. The molecule has 0 aliphatic carbocycles. The van der Waals surface area contributed by atoms with Gasteiger partial charge in [-0.25, -0.2) is 4.98 Å². The van der Waals surface area contributed by atoms with Gasteiger partial charge >= 0.3 is 0 Å². The first-order chi connectivity index (χ1) is 13.8. The zero-order chi connectivity index (χ0) is 19.6. The summed E-state index contributed by atoms with van der Waals surface area (Å²) in [4.78, 5) is 13.8. The maximum Gasteiger partial charge on any atom is 0.193 e. The first-order valence-electron chi connectivity index (χ1n) is 10.5. The van der Waals surface area contributed by atoms with E-state index in [0.717, 1.165) is 57.5 Å². The maximum atomic E-state index is 5.70. The highest BCUT2D eigenvalue weighted by Gasteiger charge is 2.25. The highest BCUT2D eigenvalue weighted by molar-refractivity contribution is 14.0. The van der Waals surface area contributed by atoms with Crippen LogP contribution < -0.4 is 10.2 Å². The van der Waals surface area contributed by atoms with Gasteiger partial charge in [0.2, 0.25) is 0 Å². The van der Waals surface area contributed by atoms with Crippen LogP contribution in [-0.2, 0) is 16.0 Å². The van der Waals surface area contributed by atoms with Crippen molar-refractivity contribution in [2.45, 2.75) is 32.2 Å². The SMILES string of the molecule is CN=C(NCc1ccnc(N2CCCCC2)c1)N1CCC(COCCOC)C1.I. The number of likely N-dealkylation sites (tertiary alicyclic amines) is 1. The topological polar surface area (TPSA) is 62.2 Å². The number of rotatable bonds is 8. The average molecular weight is 517 g/mol. The van der Waals surface area contributed by atoms with Crippen LogP contribution >= 0.6 is 24.0 Å². The number of methoxy groups -OCH3 is 1. The van der Waals surface area contributed by atoms with E-state index in [1.165, 1.54) is 24.8 Å². The summed E-state index contributed by atoms with van der Waals surface area (Å²) in [5.74, 6) is 2.63. The molecule has 2 fully saturated rings. The van der Waals surface area contributed by atoms with Crippen LogP contribution in [0.1, 0.15) is 31.2 Å². The molecule has 164 valence electrons. The number of aliphatic imine (C=N–C) groups is 1. The van der Waals surface area contributed by atoms with Crippen LogP contribution in [0.2, 0.25) is 0 Å². The van der Waals surface area contributed by atoms with Gasteiger partial charge in [0.05, 0.1) is 19.8 Å². The lowest BCUT2D eigenvalue weighted by Gasteiger charge is -2.28. The molecule has 2 saturated heterocycles. The van der Waals surface area contributed by atoms with E-state index >= 15 is 0 Å². The molecule has 7 nitrogen and oxygen atoms in total. The molecule has 0 spiro atoms. The molecule has 3 heterocycles. The number of piperidine rings is 1. The van der Waals surface area contributed by atoms with Gasteiger partial charge in [0.25, 0.3) is 0 Å². The highest BCUT2D eigenvalue weighted by Crippen LogP contribution is 2.19. The Morgan fingerprint density at radius 3 is 2.83 bits per heavy atom. The van der Waals surface area contributed by atoms with Crippen LogP contribution in [0.25, 0.3) is 0 Å². The second-order valence-corrected chi connectivity index (χ2v) is 7.64. The van der Waals surface area contributed by atoms with Crippen molar-refractivity contribution in [3.8, 4) is 0 Å². The second-order valence-electron chi connectivity index (χ2n) is 7.64. The molecule has 3 rings (SSSR count). The van der Waals surface area contributed by atoms with Gasteiger partial charge in [-0.3, -0.25) is 4.99 Å². The Kier molecular flexibility index (Phi) is 11.0. The zero-order valence-corrected chi connectivity index (χ0v) is 20.1. The number of pyridine rings is 1.